The summed E-state index contributed by atoms with van der Waals surface area (Å²) in [6.45, 7) is 0. The van der Waals surface area contributed by atoms with Crippen molar-refractivity contribution in [3.05, 3.63) is 94.5 Å². The molecule has 3 aromatic carbocycles. The van der Waals surface area contributed by atoms with E-state index < -0.39 is 10.0 Å². The average molecular weight is 421 g/mol. The highest BCUT2D eigenvalue weighted by Gasteiger charge is 2.25. The maximum Gasteiger partial charge on any atom is 0.229 e. The third-order valence-electron chi connectivity index (χ3n) is 5.79. The predicted octanol–water partition coefficient (Wildman–Crippen LogP) is 4.60. The molecule has 1 atom stereocenters. The third-order valence-corrected chi connectivity index (χ3v) is 6.40. The molecule has 156 valence electrons. The molecule has 0 unspecified atom stereocenters. The molecule has 1 aliphatic carbocycles. The fourth-order valence-electron chi connectivity index (χ4n) is 4.57. The number of rotatable bonds is 5. The van der Waals surface area contributed by atoms with Gasteiger partial charge in [-0.05, 0) is 65.3 Å². The highest BCUT2D eigenvalue weighted by molar-refractivity contribution is 7.92. The molecule has 3 aromatic rings. The van der Waals surface area contributed by atoms with Crippen molar-refractivity contribution < 1.29 is 8.42 Å². The zero-order valence-corrected chi connectivity index (χ0v) is 18.5. The first-order valence-corrected chi connectivity index (χ1v) is 12.1. The molecule has 0 bridgehead atoms. The van der Waals surface area contributed by atoms with Gasteiger partial charge in [-0.15, -0.1) is 0 Å². The Morgan fingerprint density at radius 1 is 0.933 bits per heavy atom. The van der Waals surface area contributed by atoms with Gasteiger partial charge in [-0.2, -0.15) is 0 Å². The Kier molecular flexibility index (Phi) is 5.56. The molecular formula is C25H28N2O2S. The van der Waals surface area contributed by atoms with Crippen molar-refractivity contribution in [2.24, 2.45) is 0 Å². The van der Waals surface area contributed by atoms with Gasteiger partial charge in [0, 0.05) is 31.4 Å². The Balaban J connectivity index is 1.80. The van der Waals surface area contributed by atoms with E-state index in [0.717, 1.165) is 24.8 Å². The van der Waals surface area contributed by atoms with Crippen LogP contribution in [0.4, 0.5) is 11.4 Å². The zero-order chi connectivity index (χ0) is 21.3. The lowest BCUT2D eigenvalue weighted by molar-refractivity contribution is 0.607. The van der Waals surface area contributed by atoms with Crippen molar-refractivity contribution in [1.29, 1.82) is 0 Å². The minimum Gasteiger partial charge on any atom is -0.377 e. The van der Waals surface area contributed by atoms with Crippen molar-refractivity contribution in [2.75, 3.05) is 30.0 Å². The number of anilines is 2. The molecule has 0 spiro atoms. The molecule has 1 N–H and O–H groups in total. The van der Waals surface area contributed by atoms with Gasteiger partial charge in [0.15, 0.2) is 0 Å². The molecule has 0 amide bonds. The number of benzene rings is 3. The normalized spacial score (nSPS) is 15.6. The molecule has 1 aliphatic rings. The monoisotopic (exact) mass is 420 g/mol. The Hall–Kier alpha value is -2.79. The second-order valence-electron chi connectivity index (χ2n) is 8.27. The lowest BCUT2D eigenvalue weighted by atomic mass is 9.83. The van der Waals surface area contributed by atoms with Crippen LogP contribution >= 0.6 is 0 Å². The molecular weight excluding hydrogens is 392 g/mol. The second-order valence-corrected chi connectivity index (χ2v) is 10.0. The van der Waals surface area contributed by atoms with Gasteiger partial charge < -0.3 is 4.90 Å². The Morgan fingerprint density at radius 3 is 2.43 bits per heavy atom. The largest absolute Gasteiger partial charge is 0.377 e. The van der Waals surface area contributed by atoms with Crippen molar-refractivity contribution in [1.82, 2.24) is 0 Å². The number of aryl methyl sites for hydroxylation is 1. The van der Waals surface area contributed by atoms with Crippen LogP contribution in [0.25, 0.3) is 0 Å². The number of fused-ring (bicyclic) bond motifs is 2. The summed E-state index contributed by atoms with van der Waals surface area (Å²) in [6.07, 6.45) is 4.05. The smallest absolute Gasteiger partial charge is 0.229 e. The fraction of sp³-hybridized carbons (Fsp3) is 0.280. The predicted molar refractivity (Wildman–Crippen MR) is 125 cm³/mol. The van der Waals surface area contributed by atoms with Gasteiger partial charge in [0.2, 0.25) is 10.0 Å². The first kappa shape index (κ1) is 20.5. The zero-order valence-electron chi connectivity index (χ0n) is 17.7. The maximum absolute atomic E-state index is 11.7. The van der Waals surface area contributed by atoms with Crippen LogP contribution in [0.3, 0.4) is 0 Å². The first-order valence-electron chi connectivity index (χ1n) is 10.3. The number of hydrogen-bond donors (Lipinski definition) is 1. The summed E-state index contributed by atoms with van der Waals surface area (Å²) in [6, 6.07) is 23.1. The SMILES string of the molecule is CN(C)c1cccc2c1CCc1ccccc1[C@H]2Cc1cccc(NS(C)(=O)=O)c1. The Morgan fingerprint density at radius 2 is 1.67 bits per heavy atom. The highest BCUT2D eigenvalue weighted by atomic mass is 32.2. The summed E-state index contributed by atoms with van der Waals surface area (Å²) in [4.78, 5) is 2.20. The Bertz CT molecular complexity index is 1170. The molecule has 0 aromatic heterocycles. The van der Waals surface area contributed by atoms with Crippen LogP contribution < -0.4 is 9.62 Å². The van der Waals surface area contributed by atoms with Crippen molar-refractivity contribution in [2.45, 2.75) is 25.2 Å². The van der Waals surface area contributed by atoms with E-state index in [1.807, 2.05) is 12.1 Å². The van der Waals surface area contributed by atoms with Crippen molar-refractivity contribution in [3.63, 3.8) is 0 Å². The lowest BCUT2D eigenvalue weighted by Gasteiger charge is -2.24. The van der Waals surface area contributed by atoms with E-state index in [0.29, 0.717) is 5.69 Å². The molecule has 0 heterocycles. The minimum absolute atomic E-state index is 0.229. The lowest BCUT2D eigenvalue weighted by Crippen LogP contribution is -2.14. The molecule has 0 fully saturated rings. The second kappa shape index (κ2) is 8.15. The minimum atomic E-state index is -3.30. The van der Waals surface area contributed by atoms with E-state index in [9.17, 15) is 8.42 Å². The summed E-state index contributed by atoms with van der Waals surface area (Å²) in [5, 5.41) is 0. The topological polar surface area (TPSA) is 49.4 Å². The summed E-state index contributed by atoms with van der Waals surface area (Å²) in [7, 11) is 0.900. The van der Waals surface area contributed by atoms with E-state index in [2.05, 4.69) is 72.2 Å². The van der Waals surface area contributed by atoms with Crippen molar-refractivity contribution >= 4 is 21.4 Å². The van der Waals surface area contributed by atoms with Gasteiger partial charge >= 0.3 is 0 Å². The number of nitrogens with one attached hydrogen (secondary N) is 1. The van der Waals surface area contributed by atoms with Crippen LogP contribution in [0, 0.1) is 0 Å². The van der Waals surface area contributed by atoms with Gasteiger partial charge in [0.05, 0.1) is 6.26 Å². The third kappa shape index (κ3) is 4.36. The van der Waals surface area contributed by atoms with E-state index >= 15 is 0 Å². The van der Waals surface area contributed by atoms with Crippen LogP contribution in [0.2, 0.25) is 0 Å². The van der Waals surface area contributed by atoms with E-state index in [1.54, 1.807) is 6.07 Å². The average Bonchev–Trinajstić information content (AvgIpc) is 2.84. The fourth-order valence-corrected chi connectivity index (χ4v) is 5.13. The molecule has 5 heteroatoms. The summed E-state index contributed by atoms with van der Waals surface area (Å²) in [5.74, 6) is 0.229. The van der Waals surface area contributed by atoms with Gasteiger partial charge in [-0.3, -0.25) is 4.72 Å². The highest BCUT2D eigenvalue weighted by Crippen LogP contribution is 2.39. The van der Waals surface area contributed by atoms with Gasteiger partial charge in [0.25, 0.3) is 0 Å². The molecule has 0 saturated heterocycles. The molecule has 0 radical (unpaired) electrons. The molecule has 0 aliphatic heterocycles. The maximum atomic E-state index is 11.7. The van der Waals surface area contributed by atoms with Crippen LogP contribution in [0.15, 0.2) is 66.7 Å². The molecule has 4 nitrogen and oxygen atoms in total. The quantitative estimate of drug-likeness (QED) is 0.656. The van der Waals surface area contributed by atoms with Gasteiger partial charge in [-0.1, -0.05) is 48.5 Å². The Labute approximate surface area is 179 Å². The molecule has 30 heavy (non-hydrogen) atoms. The van der Waals surface area contributed by atoms with E-state index in [4.69, 9.17) is 0 Å². The first-order chi connectivity index (χ1) is 14.3. The summed E-state index contributed by atoms with van der Waals surface area (Å²) in [5.41, 5.74) is 8.55. The number of nitrogens with zero attached hydrogens (tertiary/aromatic N) is 1. The summed E-state index contributed by atoms with van der Waals surface area (Å²) >= 11 is 0. The number of sulfonamides is 1. The van der Waals surface area contributed by atoms with Crippen LogP contribution in [0.5, 0.6) is 0 Å². The van der Waals surface area contributed by atoms with Crippen LogP contribution in [-0.2, 0) is 29.3 Å². The summed E-state index contributed by atoms with van der Waals surface area (Å²) < 4.78 is 25.9. The standard InChI is InChI=1S/C25H28N2O2S/c1-27(2)25-13-7-12-22-23(25)15-14-19-9-4-5-11-21(19)24(22)17-18-8-6-10-20(16-18)26-30(3,28)29/h4-13,16,24,26H,14-15,17H2,1-3H3/t24-/m1/s1. The van der Waals surface area contributed by atoms with Crippen LogP contribution in [0.1, 0.15) is 33.7 Å². The van der Waals surface area contributed by atoms with Gasteiger partial charge in [-0.25, -0.2) is 8.42 Å². The van der Waals surface area contributed by atoms with E-state index in [1.165, 1.54) is 34.2 Å². The number of hydrogen-bond acceptors (Lipinski definition) is 3. The van der Waals surface area contributed by atoms with Crippen LogP contribution in [-0.4, -0.2) is 28.8 Å². The van der Waals surface area contributed by atoms with Gasteiger partial charge in [0.1, 0.15) is 0 Å². The molecule has 0 saturated carbocycles. The van der Waals surface area contributed by atoms with Crippen molar-refractivity contribution in [3.8, 4) is 0 Å². The molecule has 4 rings (SSSR count). The van der Waals surface area contributed by atoms with E-state index in [-0.39, 0.29) is 5.92 Å².